The molecule has 1 saturated heterocycles. The molecule has 7 nitrogen and oxygen atoms in total. The molecule has 2 aromatic carbocycles. The van der Waals surface area contributed by atoms with Crippen molar-refractivity contribution in [1.82, 2.24) is 9.80 Å². The zero-order valence-corrected chi connectivity index (χ0v) is 21.6. The molecule has 1 fully saturated rings. The lowest BCUT2D eigenvalue weighted by atomic mass is 10.1. The van der Waals surface area contributed by atoms with Crippen LogP contribution in [0.4, 0.5) is 0 Å². The van der Waals surface area contributed by atoms with E-state index >= 15 is 0 Å². The van der Waals surface area contributed by atoms with Gasteiger partial charge in [-0.1, -0.05) is 61.0 Å². The predicted molar refractivity (Wildman–Crippen MR) is 146 cm³/mol. The molecule has 0 saturated carbocycles. The van der Waals surface area contributed by atoms with Crippen molar-refractivity contribution in [3.8, 4) is 5.75 Å². The second-order valence-corrected chi connectivity index (χ2v) is 8.74. The van der Waals surface area contributed by atoms with Crippen molar-refractivity contribution >= 4 is 18.0 Å². The topological polar surface area (TPSA) is 80.4 Å². The molecule has 3 rings (SSSR count). The molecular formula is C29H38N4O3. The highest BCUT2D eigenvalue weighted by molar-refractivity contribution is 5.89. The van der Waals surface area contributed by atoms with Gasteiger partial charge in [0.1, 0.15) is 11.9 Å². The molecular weight excluding hydrogens is 452 g/mol. The van der Waals surface area contributed by atoms with Gasteiger partial charge in [0.05, 0.1) is 12.2 Å². The lowest BCUT2D eigenvalue weighted by Crippen LogP contribution is -2.52. The second-order valence-electron chi connectivity index (χ2n) is 8.74. The highest BCUT2D eigenvalue weighted by Gasteiger charge is 2.21. The molecule has 0 aromatic heterocycles. The van der Waals surface area contributed by atoms with E-state index in [0.29, 0.717) is 24.6 Å². The molecule has 0 bridgehead atoms. The van der Waals surface area contributed by atoms with E-state index in [0.717, 1.165) is 44.0 Å². The Labute approximate surface area is 214 Å². The number of nitrogens with zero attached hydrogens (tertiary/aromatic N) is 3. The molecule has 0 aliphatic carbocycles. The maximum Gasteiger partial charge on any atom is 0.335 e. The Morgan fingerprint density at radius 3 is 2.39 bits per heavy atom. The van der Waals surface area contributed by atoms with Crippen LogP contribution in [0.15, 0.2) is 77.4 Å². The normalized spacial score (nSPS) is 16.2. The van der Waals surface area contributed by atoms with E-state index in [1.54, 1.807) is 6.92 Å². The summed E-state index contributed by atoms with van der Waals surface area (Å²) in [7, 11) is 0. The number of carbonyl (C=O) groups is 1. The third-order valence-electron chi connectivity index (χ3n) is 6.02. The maximum absolute atomic E-state index is 12.0. The Morgan fingerprint density at radius 1 is 1.06 bits per heavy atom. The molecule has 0 amide bonds. The summed E-state index contributed by atoms with van der Waals surface area (Å²) in [4.78, 5) is 20.7. The van der Waals surface area contributed by atoms with Gasteiger partial charge in [-0.15, -0.1) is 0 Å². The first-order valence-electron chi connectivity index (χ1n) is 12.6. The summed E-state index contributed by atoms with van der Waals surface area (Å²) in [5, 5.41) is 0. The number of hydrogen-bond donors (Lipinski definition) is 1. The van der Waals surface area contributed by atoms with Gasteiger partial charge in [-0.2, -0.15) is 0 Å². The van der Waals surface area contributed by atoms with E-state index in [9.17, 15) is 4.79 Å². The van der Waals surface area contributed by atoms with Gasteiger partial charge in [-0.3, -0.25) is 4.90 Å². The molecule has 1 aliphatic heterocycles. The summed E-state index contributed by atoms with van der Waals surface area (Å²) in [5.41, 5.74) is 9.09. The number of carbonyl (C=O) groups excluding carboxylic acids is 1. The molecule has 1 aliphatic rings. The number of aryl methyl sites for hydroxylation is 1. The molecule has 2 N–H and O–H groups in total. The minimum absolute atomic E-state index is 0.0925. The standard InChI is InChI=1S/C29H38N4O3/c1-4-25(28(34)35-5-2)21-31-29(30)33-19-17-32(18-20-33)22-27(16-13-24-9-7-6-8-10-24)36-26-14-11-23(3)12-15-26/h6-16,21,27H,4-5,17-20,22H2,1-3H3,(H2,30,31)/b16-13+,25-21+. The highest BCUT2D eigenvalue weighted by atomic mass is 16.5. The molecule has 0 radical (unpaired) electrons. The van der Waals surface area contributed by atoms with Crippen LogP contribution in [-0.2, 0) is 9.53 Å². The van der Waals surface area contributed by atoms with Gasteiger partial charge in [-0.25, -0.2) is 9.79 Å². The van der Waals surface area contributed by atoms with Gasteiger partial charge in [0.15, 0.2) is 5.96 Å². The van der Waals surface area contributed by atoms with Gasteiger partial charge in [0, 0.05) is 38.9 Å². The maximum atomic E-state index is 12.0. The van der Waals surface area contributed by atoms with Crippen molar-refractivity contribution < 1.29 is 14.3 Å². The molecule has 1 atom stereocenters. The number of rotatable bonds is 10. The monoisotopic (exact) mass is 490 g/mol. The lowest BCUT2D eigenvalue weighted by Gasteiger charge is -2.36. The Bertz CT molecular complexity index is 1040. The van der Waals surface area contributed by atoms with Crippen molar-refractivity contribution in [1.29, 1.82) is 0 Å². The Morgan fingerprint density at radius 2 is 1.75 bits per heavy atom. The van der Waals surface area contributed by atoms with Crippen LogP contribution >= 0.6 is 0 Å². The first-order chi connectivity index (χ1) is 17.5. The fourth-order valence-corrected chi connectivity index (χ4v) is 3.86. The van der Waals surface area contributed by atoms with Crippen LogP contribution in [0, 0.1) is 6.92 Å². The van der Waals surface area contributed by atoms with Gasteiger partial charge in [-0.05, 0) is 44.0 Å². The first kappa shape index (κ1) is 27.0. The Kier molecular flexibility index (Phi) is 10.6. The lowest BCUT2D eigenvalue weighted by molar-refractivity contribution is -0.138. The highest BCUT2D eigenvalue weighted by Crippen LogP contribution is 2.16. The summed E-state index contributed by atoms with van der Waals surface area (Å²) in [6.07, 6.45) is 6.22. The van der Waals surface area contributed by atoms with Gasteiger partial charge in [0.25, 0.3) is 0 Å². The minimum Gasteiger partial charge on any atom is -0.485 e. The third-order valence-corrected chi connectivity index (χ3v) is 6.02. The molecule has 2 aromatic rings. The fraction of sp³-hybridized carbons (Fsp3) is 0.379. The van der Waals surface area contributed by atoms with Crippen LogP contribution in [-0.4, -0.2) is 67.2 Å². The van der Waals surface area contributed by atoms with Crippen molar-refractivity contribution in [3.05, 3.63) is 83.6 Å². The predicted octanol–water partition coefficient (Wildman–Crippen LogP) is 4.25. The summed E-state index contributed by atoms with van der Waals surface area (Å²) < 4.78 is 11.4. The van der Waals surface area contributed by atoms with Crippen molar-refractivity contribution in [2.45, 2.75) is 33.3 Å². The number of guanidine groups is 1. The smallest absolute Gasteiger partial charge is 0.335 e. The second kappa shape index (κ2) is 14.1. The quantitative estimate of drug-likeness (QED) is 0.232. The number of benzene rings is 2. The van der Waals surface area contributed by atoms with Crippen molar-refractivity contribution in [2.24, 2.45) is 10.7 Å². The number of ether oxygens (including phenoxy) is 2. The Hall–Kier alpha value is -3.58. The molecule has 36 heavy (non-hydrogen) atoms. The third kappa shape index (κ3) is 8.57. The van der Waals surface area contributed by atoms with Gasteiger partial charge in [0.2, 0.25) is 0 Å². The number of esters is 1. The molecule has 7 heteroatoms. The van der Waals surface area contributed by atoms with Crippen LogP contribution in [0.3, 0.4) is 0 Å². The molecule has 1 unspecified atom stereocenters. The molecule has 0 spiro atoms. The van der Waals surface area contributed by atoms with Crippen molar-refractivity contribution in [2.75, 3.05) is 39.3 Å². The average molecular weight is 491 g/mol. The number of nitrogens with two attached hydrogens (primary N) is 1. The zero-order valence-electron chi connectivity index (χ0n) is 21.6. The van der Waals surface area contributed by atoms with Crippen molar-refractivity contribution in [3.63, 3.8) is 0 Å². The number of hydrogen-bond acceptors (Lipinski definition) is 5. The van der Waals surface area contributed by atoms with E-state index in [1.807, 2.05) is 42.2 Å². The summed E-state index contributed by atoms with van der Waals surface area (Å²) in [6, 6.07) is 18.4. The number of piperazine rings is 1. The zero-order chi connectivity index (χ0) is 25.8. The van der Waals surface area contributed by atoms with E-state index in [4.69, 9.17) is 15.2 Å². The molecule has 192 valence electrons. The van der Waals surface area contributed by atoms with Crippen LogP contribution in [0.1, 0.15) is 31.4 Å². The first-order valence-corrected chi connectivity index (χ1v) is 12.6. The number of aliphatic imine (C=N–C) groups is 1. The van der Waals surface area contributed by atoms with E-state index in [2.05, 4.69) is 53.2 Å². The van der Waals surface area contributed by atoms with Crippen LogP contribution in [0.2, 0.25) is 0 Å². The van der Waals surface area contributed by atoms with E-state index in [-0.39, 0.29) is 12.1 Å². The van der Waals surface area contributed by atoms with E-state index < -0.39 is 0 Å². The van der Waals surface area contributed by atoms with Crippen LogP contribution < -0.4 is 10.5 Å². The largest absolute Gasteiger partial charge is 0.485 e. The summed E-state index contributed by atoms with van der Waals surface area (Å²) >= 11 is 0. The molecule has 1 heterocycles. The fourth-order valence-electron chi connectivity index (χ4n) is 3.86. The van der Waals surface area contributed by atoms with E-state index in [1.165, 1.54) is 11.8 Å². The van der Waals surface area contributed by atoms with Gasteiger partial charge < -0.3 is 20.1 Å². The SMILES string of the molecule is CCOC(=O)/C(=C/N=C(N)N1CCN(CC(/C=C/c2ccccc2)Oc2ccc(C)cc2)CC1)CC. The summed E-state index contributed by atoms with van der Waals surface area (Å²) in [5.74, 6) is 0.935. The minimum atomic E-state index is -0.343. The summed E-state index contributed by atoms with van der Waals surface area (Å²) in [6.45, 7) is 10.0. The van der Waals surface area contributed by atoms with Crippen LogP contribution in [0.5, 0.6) is 5.75 Å². The van der Waals surface area contributed by atoms with Gasteiger partial charge >= 0.3 is 5.97 Å². The average Bonchev–Trinajstić information content (AvgIpc) is 2.90. The Balaban J connectivity index is 1.61. The van der Waals surface area contributed by atoms with Crippen LogP contribution in [0.25, 0.3) is 6.08 Å².